The van der Waals surface area contributed by atoms with Gasteiger partial charge in [-0.3, -0.25) is 0 Å². The maximum Gasteiger partial charge on any atom is 0.410 e. The summed E-state index contributed by atoms with van der Waals surface area (Å²) in [6, 6.07) is 3.75. The molecular weight excluding hydrogens is 390 g/mol. The Labute approximate surface area is 180 Å². The quantitative estimate of drug-likeness (QED) is 0.450. The van der Waals surface area contributed by atoms with Crippen LogP contribution in [0.1, 0.15) is 46.1 Å². The van der Waals surface area contributed by atoms with E-state index in [-0.39, 0.29) is 6.09 Å². The molecular formula is C21H35N3O4S. The molecule has 0 aliphatic heterocycles. The van der Waals surface area contributed by atoms with Crippen molar-refractivity contribution >= 4 is 29.1 Å². The molecule has 0 aliphatic rings. The van der Waals surface area contributed by atoms with Gasteiger partial charge in [-0.1, -0.05) is 6.92 Å². The summed E-state index contributed by atoms with van der Waals surface area (Å²) in [6.45, 7) is 11.5. The van der Waals surface area contributed by atoms with Gasteiger partial charge < -0.3 is 29.7 Å². The molecule has 0 radical (unpaired) electrons. The third kappa shape index (κ3) is 8.77. The molecule has 0 saturated carbocycles. The van der Waals surface area contributed by atoms with E-state index in [1.165, 1.54) is 0 Å². The Bertz CT molecular complexity index is 689. The van der Waals surface area contributed by atoms with Gasteiger partial charge in [-0.25, -0.2) is 4.79 Å². The van der Waals surface area contributed by atoms with Crippen LogP contribution in [0.25, 0.3) is 0 Å². The van der Waals surface area contributed by atoms with Crippen LogP contribution >= 0.6 is 12.2 Å². The largest absolute Gasteiger partial charge is 0.496 e. The first-order chi connectivity index (χ1) is 13.6. The highest BCUT2D eigenvalue weighted by molar-refractivity contribution is 7.80. The van der Waals surface area contributed by atoms with Crippen LogP contribution < -0.4 is 20.1 Å². The lowest BCUT2D eigenvalue weighted by molar-refractivity contribution is 0.0248. The Morgan fingerprint density at radius 3 is 2.34 bits per heavy atom. The van der Waals surface area contributed by atoms with Gasteiger partial charge in [0.1, 0.15) is 17.1 Å². The van der Waals surface area contributed by atoms with Gasteiger partial charge in [0.05, 0.1) is 19.9 Å². The maximum absolute atomic E-state index is 12.3. The standard InChI is InChI=1S/C21H35N3O4S/c1-8-11-24(20(25)28-21(3,4)5)12-9-10-22-19(29)23-16-14-17(26-6)15(2)13-18(16)27-7/h13-14H,8-12H2,1-7H3,(H2,22,23,29). The third-order valence-corrected chi connectivity index (χ3v) is 4.25. The van der Waals surface area contributed by atoms with Crippen molar-refractivity contribution in [1.82, 2.24) is 10.2 Å². The molecule has 2 N–H and O–H groups in total. The molecule has 0 bridgehead atoms. The zero-order valence-corrected chi connectivity index (χ0v) is 19.5. The molecule has 164 valence electrons. The summed E-state index contributed by atoms with van der Waals surface area (Å²) < 4.78 is 16.2. The highest BCUT2D eigenvalue weighted by Gasteiger charge is 2.21. The zero-order chi connectivity index (χ0) is 22.0. The zero-order valence-electron chi connectivity index (χ0n) is 18.7. The maximum atomic E-state index is 12.3. The van der Waals surface area contributed by atoms with Crippen molar-refractivity contribution in [3.05, 3.63) is 17.7 Å². The number of methoxy groups -OCH3 is 2. The molecule has 1 amide bonds. The molecule has 7 nitrogen and oxygen atoms in total. The van der Waals surface area contributed by atoms with Gasteiger partial charge in [0.2, 0.25) is 0 Å². The number of amides is 1. The minimum atomic E-state index is -0.499. The van der Waals surface area contributed by atoms with E-state index >= 15 is 0 Å². The average Bonchev–Trinajstić information content (AvgIpc) is 2.63. The van der Waals surface area contributed by atoms with Crippen molar-refractivity contribution in [2.45, 2.75) is 53.1 Å². The number of carbonyl (C=O) groups is 1. The summed E-state index contributed by atoms with van der Waals surface area (Å²) >= 11 is 5.39. The number of hydrogen-bond donors (Lipinski definition) is 2. The van der Waals surface area contributed by atoms with Crippen molar-refractivity contribution < 1.29 is 19.0 Å². The van der Waals surface area contributed by atoms with Crippen LogP contribution in [0.4, 0.5) is 10.5 Å². The first-order valence-electron chi connectivity index (χ1n) is 9.86. The Morgan fingerprint density at radius 2 is 1.79 bits per heavy atom. The SMILES string of the molecule is CCCN(CCCNC(=S)Nc1cc(OC)c(C)cc1OC)C(=O)OC(C)(C)C. The van der Waals surface area contributed by atoms with E-state index in [4.69, 9.17) is 26.4 Å². The summed E-state index contributed by atoms with van der Waals surface area (Å²) in [5, 5.41) is 6.79. The number of nitrogens with one attached hydrogen (secondary N) is 2. The van der Waals surface area contributed by atoms with Gasteiger partial charge in [0.25, 0.3) is 0 Å². The second-order valence-corrected chi connectivity index (χ2v) is 8.13. The van der Waals surface area contributed by atoms with E-state index in [0.717, 1.165) is 29.8 Å². The molecule has 0 fully saturated rings. The first-order valence-corrected chi connectivity index (χ1v) is 10.3. The van der Waals surface area contributed by atoms with Gasteiger partial charge in [-0.05, 0) is 64.4 Å². The number of benzene rings is 1. The molecule has 0 saturated heterocycles. The molecule has 0 aromatic heterocycles. The third-order valence-electron chi connectivity index (χ3n) is 4.00. The Morgan fingerprint density at radius 1 is 1.14 bits per heavy atom. The van der Waals surface area contributed by atoms with E-state index in [0.29, 0.717) is 30.5 Å². The minimum absolute atomic E-state index is 0.281. The highest BCUT2D eigenvalue weighted by Crippen LogP contribution is 2.32. The van der Waals surface area contributed by atoms with E-state index in [2.05, 4.69) is 10.6 Å². The average molecular weight is 426 g/mol. The van der Waals surface area contributed by atoms with Gasteiger partial charge in [0.15, 0.2) is 5.11 Å². The lowest BCUT2D eigenvalue weighted by Gasteiger charge is -2.27. The van der Waals surface area contributed by atoms with Crippen molar-refractivity contribution in [1.29, 1.82) is 0 Å². The lowest BCUT2D eigenvalue weighted by atomic mass is 10.2. The molecule has 1 aromatic rings. The van der Waals surface area contributed by atoms with Gasteiger partial charge in [0, 0.05) is 25.7 Å². The summed E-state index contributed by atoms with van der Waals surface area (Å²) in [6.07, 6.45) is 1.34. The molecule has 0 atom stereocenters. The number of thiocarbonyl (C=S) groups is 1. The summed E-state index contributed by atoms with van der Waals surface area (Å²) in [4.78, 5) is 14.0. The van der Waals surface area contributed by atoms with Crippen molar-refractivity contribution in [2.24, 2.45) is 0 Å². The summed E-state index contributed by atoms with van der Waals surface area (Å²) in [5.41, 5.74) is 1.21. The molecule has 1 rings (SSSR count). The normalized spacial score (nSPS) is 10.9. The smallest absolute Gasteiger partial charge is 0.410 e. The van der Waals surface area contributed by atoms with Crippen LogP contribution in [0.15, 0.2) is 12.1 Å². The van der Waals surface area contributed by atoms with Gasteiger partial charge in [-0.2, -0.15) is 0 Å². The molecule has 0 aliphatic carbocycles. The van der Waals surface area contributed by atoms with Gasteiger partial charge >= 0.3 is 6.09 Å². The lowest BCUT2D eigenvalue weighted by Crippen LogP contribution is -2.39. The highest BCUT2D eigenvalue weighted by atomic mass is 32.1. The van der Waals surface area contributed by atoms with E-state index in [1.807, 2.05) is 46.8 Å². The van der Waals surface area contributed by atoms with Crippen molar-refractivity contribution in [2.75, 3.05) is 39.2 Å². The number of aryl methyl sites for hydroxylation is 1. The molecule has 0 heterocycles. The topological polar surface area (TPSA) is 72.1 Å². The number of ether oxygens (including phenoxy) is 3. The summed E-state index contributed by atoms with van der Waals surface area (Å²) in [5.74, 6) is 1.44. The fourth-order valence-corrected chi connectivity index (χ4v) is 2.89. The van der Waals surface area contributed by atoms with Crippen LogP contribution in [0.5, 0.6) is 11.5 Å². The fourth-order valence-electron chi connectivity index (χ4n) is 2.68. The number of hydrogen-bond acceptors (Lipinski definition) is 5. The van der Waals surface area contributed by atoms with E-state index in [9.17, 15) is 4.79 Å². The Balaban J connectivity index is 2.55. The molecule has 8 heteroatoms. The Kier molecular flexibility index (Phi) is 10.0. The summed E-state index contributed by atoms with van der Waals surface area (Å²) in [7, 11) is 3.24. The van der Waals surface area contributed by atoms with Crippen LogP contribution in [-0.4, -0.2) is 55.6 Å². The number of rotatable bonds is 9. The monoisotopic (exact) mass is 425 g/mol. The fraction of sp³-hybridized carbons (Fsp3) is 0.619. The molecule has 0 spiro atoms. The van der Waals surface area contributed by atoms with Gasteiger partial charge in [-0.15, -0.1) is 0 Å². The van der Waals surface area contributed by atoms with Crippen LogP contribution in [0.3, 0.4) is 0 Å². The van der Waals surface area contributed by atoms with Crippen molar-refractivity contribution in [3.8, 4) is 11.5 Å². The van der Waals surface area contributed by atoms with Crippen LogP contribution in [0, 0.1) is 6.92 Å². The number of nitrogens with zero attached hydrogens (tertiary/aromatic N) is 1. The minimum Gasteiger partial charge on any atom is -0.496 e. The Hall–Kier alpha value is -2.22. The van der Waals surface area contributed by atoms with Crippen molar-refractivity contribution in [3.63, 3.8) is 0 Å². The molecule has 1 aromatic carbocycles. The number of carbonyl (C=O) groups excluding carboxylic acids is 1. The van der Waals surface area contributed by atoms with Crippen LogP contribution in [0.2, 0.25) is 0 Å². The predicted octanol–water partition coefficient (Wildman–Crippen LogP) is 4.34. The number of anilines is 1. The van der Waals surface area contributed by atoms with E-state index in [1.54, 1.807) is 19.1 Å². The molecule has 29 heavy (non-hydrogen) atoms. The van der Waals surface area contributed by atoms with E-state index < -0.39 is 5.60 Å². The van der Waals surface area contributed by atoms with Crippen LogP contribution in [-0.2, 0) is 4.74 Å². The second-order valence-electron chi connectivity index (χ2n) is 7.72. The first kappa shape index (κ1) is 24.8. The predicted molar refractivity (Wildman–Crippen MR) is 121 cm³/mol. The second kappa shape index (κ2) is 11.7. The molecule has 0 unspecified atom stereocenters.